The van der Waals surface area contributed by atoms with Crippen molar-refractivity contribution in [1.82, 2.24) is 24.6 Å². The van der Waals surface area contributed by atoms with Crippen LogP contribution in [0.3, 0.4) is 0 Å². The quantitative estimate of drug-likeness (QED) is 0.672. The van der Waals surface area contributed by atoms with Gasteiger partial charge in [-0.1, -0.05) is 12.1 Å². The van der Waals surface area contributed by atoms with Crippen molar-refractivity contribution in [3.63, 3.8) is 0 Å². The first-order chi connectivity index (χ1) is 14.6. The van der Waals surface area contributed by atoms with Crippen LogP contribution in [0.15, 0.2) is 42.7 Å². The Kier molecular flexibility index (Phi) is 4.72. The molecule has 0 spiro atoms. The Bertz CT molecular complexity index is 1080. The van der Waals surface area contributed by atoms with Gasteiger partial charge in [0.2, 0.25) is 0 Å². The fourth-order valence-electron chi connectivity index (χ4n) is 4.84. The van der Waals surface area contributed by atoms with Crippen molar-refractivity contribution in [2.45, 2.75) is 20.4 Å². The number of hydrogen-bond acceptors (Lipinski definition) is 6. The Hall–Kier alpha value is -3.24. The van der Waals surface area contributed by atoms with Gasteiger partial charge in [0, 0.05) is 44.5 Å². The van der Waals surface area contributed by atoms with E-state index in [-0.39, 0.29) is 0 Å². The van der Waals surface area contributed by atoms with Gasteiger partial charge in [-0.2, -0.15) is 10.4 Å². The fraction of sp³-hybridized carbons (Fsp3) is 0.391. The molecule has 30 heavy (non-hydrogen) atoms. The number of rotatable bonds is 4. The van der Waals surface area contributed by atoms with E-state index >= 15 is 0 Å². The number of aromatic nitrogens is 4. The second kappa shape index (κ2) is 7.54. The second-order valence-corrected chi connectivity index (χ2v) is 8.50. The maximum atomic E-state index is 8.96. The Morgan fingerprint density at radius 2 is 1.67 bits per heavy atom. The van der Waals surface area contributed by atoms with E-state index in [1.165, 1.54) is 5.56 Å². The summed E-state index contributed by atoms with van der Waals surface area (Å²) in [6, 6.07) is 14.2. The van der Waals surface area contributed by atoms with Gasteiger partial charge in [0.1, 0.15) is 12.1 Å². The molecule has 0 radical (unpaired) electrons. The lowest BCUT2D eigenvalue weighted by atomic mass is 10.0. The lowest BCUT2D eigenvalue weighted by molar-refractivity contribution is 0.309. The summed E-state index contributed by atoms with van der Waals surface area (Å²) >= 11 is 0. The molecule has 0 bridgehead atoms. The number of benzene rings is 1. The molecule has 7 heteroatoms. The van der Waals surface area contributed by atoms with Crippen molar-refractivity contribution < 1.29 is 0 Å². The van der Waals surface area contributed by atoms with Gasteiger partial charge in [0.05, 0.1) is 17.3 Å². The highest BCUT2D eigenvalue weighted by atomic mass is 15.3. The lowest BCUT2D eigenvalue weighted by Gasteiger charge is -2.22. The molecule has 4 heterocycles. The molecule has 2 aromatic heterocycles. The second-order valence-electron chi connectivity index (χ2n) is 8.50. The minimum Gasteiger partial charge on any atom is -0.356 e. The molecule has 0 amide bonds. The van der Waals surface area contributed by atoms with Gasteiger partial charge in [-0.3, -0.25) is 4.90 Å². The van der Waals surface area contributed by atoms with Crippen LogP contribution in [0.5, 0.6) is 0 Å². The number of likely N-dealkylation sites (tertiary alicyclic amines) is 1. The van der Waals surface area contributed by atoms with Crippen LogP contribution < -0.4 is 4.90 Å². The molecule has 2 saturated heterocycles. The van der Waals surface area contributed by atoms with Crippen LogP contribution in [0.2, 0.25) is 0 Å². The smallest absolute Gasteiger partial charge is 0.159 e. The standard InChI is InChI=1S/C23H25N7/c1-16-7-17(2)30(27-16)23-8-22(25-15-26-23)29-13-20-11-28(12-21(20)14-29)10-19-5-3-18(9-24)4-6-19/h3-8,15,20-21H,10-14H2,1-2H3. The molecule has 2 atom stereocenters. The SMILES string of the molecule is Cc1cc(C)n(-c2cc(N3CC4CN(Cc5ccc(C#N)cc5)CC4C3)ncn2)n1. The van der Waals surface area contributed by atoms with Gasteiger partial charge in [0.15, 0.2) is 5.82 Å². The molecule has 2 aliphatic rings. The highest BCUT2D eigenvalue weighted by molar-refractivity contribution is 5.45. The lowest BCUT2D eigenvalue weighted by Crippen LogP contribution is -2.29. The fourth-order valence-corrected chi connectivity index (χ4v) is 4.84. The monoisotopic (exact) mass is 399 g/mol. The summed E-state index contributed by atoms with van der Waals surface area (Å²) in [5.74, 6) is 3.14. The number of hydrogen-bond donors (Lipinski definition) is 0. The summed E-state index contributed by atoms with van der Waals surface area (Å²) in [5.41, 5.74) is 4.06. The maximum absolute atomic E-state index is 8.96. The van der Waals surface area contributed by atoms with Gasteiger partial charge in [0.25, 0.3) is 0 Å². The third-order valence-corrected chi connectivity index (χ3v) is 6.24. The van der Waals surface area contributed by atoms with Crippen LogP contribution in [0.1, 0.15) is 22.5 Å². The average molecular weight is 400 g/mol. The molecule has 2 aliphatic heterocycles. The largest absolute Gasteiger partial charge is 0.356 e. The van der Waals surface area contributed by atoms with E-state index in [2.05, 4.69) is 55.2 Å². The van der Waals surface area contributed by atoms with E-state index in [1.54, 1.807) is 6.33 Å². The molecule has 2 unspecified atom stereocenters. The first-order valence-electron chi connectivity index (χ1n) is 10.4. The van der Waals surface area contributed by atoms with E-state index in [4.69, 9.17) is 5.26 Å². The van der Waals surface area contributed by atoms with E-state index < -0.39 is 0 Å². The van der Waals surface area contributed by atoms with Crippen molar-refractivity contribution in [1.29, 1.82) is 5.26 Å². The summed E-state index contributed by atoms with van der Waals surface area (Å²) in [4.78, 5) is 13.9. The number of fused-ring (bicyclic) bond motifs is 1. The molecule has 5 rings (SSSR count). The van der Waals surface area contributed by atoms with Gasteiger partial charge < -0.3 is 4.90 Å². The molecule has 152 valence electrons. The van der Waals surface area contributed by atoms with Crippen molar-refractivity contribution in [2.24, 2.45) is 11.8 Å². The summed E-state index contributed by atoms with van der Waals surface area (Å²) in [5, 5.41) is 13.5. The Balaban J connectivity index is 1.24. The normalized spacial score (nSPS) is 21.0. The van der Waals surface area contributed by atoms with E-state index in [9.17, 15) is 0 Å². The minimum atomic E-state index is 0.662. The van der Waals surface area contributed by atoms with Gasteiger partial charge in [-0.25, -0.2) is 14.6 Å². The Labute approximate surface area is 176 Å². The topological polar surface area (TPSA) is 73.9 Å². The van der Waals surface area contributed by atoms with E-state index in [0.29, 0.717) is 11.8 Å². The molecule has 0 aliphatic carbocycles. The van der Waals surface area contributed by atoms with Crippen LogP contribution in [-0.2, 0) is 6.54 Å². The molecule has 7 nitrogen and oxygen atoms in total. The predicted molar refractivity (Wildman–Crippen MR) is 114 cm³/mol. The third kappa shape index (κ3) is 3.55. The molecule has 0 N–H and O–H groups in total. The van der Waals surface area contributed by atoms with E-state index in [0.717, 1.165) is 61.3 Å². The summed E-state index contributed by atoms with van der Waals surface area (Å²) in [6.07, 6.45) is 1.65. The minimum absolute atomic E-state index is 0.662. The summed E-state index contributed by atoms with van der Waals surface area (Å²) in [6.45, 7) is 9.27. The zero-order valence-electron chi connectivity index (χ0n) is 17.4. The summed E-state index contributed by atoms with van der Waals surface area (Å²) in [7, 11) is 0. The zero-order valence-corrected chi connectivity index (χ0v) is 17.4. The van der Waals surface area contributed by atoms with Crippen molar-refractivity contribution in [3.8, 4) is 11.9 Å². The predicted octanol–water partition coefficient (Wildman–Crippen LogP) is 2.72. The first kappa shape index (κ1) is 18.8. The van der Waals surface area contributed by atoms with Crippen LogP contribution in [-0.4, -0.2) is 50.8 Å². The number of nitrogens with zero attached hydrogens (tertiary/aromatic N) is 7. The third-order valence-electron chi connectivity index (χ3n) is 6.24. The number of anilines is 1. The molecular weight excluding hydrogens is 374 g/mol. The van der Waals surface area contributed by atoms with Crippen molar-refractivity contribution in [2.75, 3.05) is 31.1 Å². The summed E-state index contributed by atoms with van der Waals surface area (Å²) < 4.78 is 1.89. The highest BCUT2D eigenvalue weighted by Gasteiger charge is 2.40. The zero-order chi connectivity index (χ0) is 20.7. The van der Waals surface area contributed by atoms with Gasteiger partial charge in [-0.05, 0) is 49.4 Å². The van der Waals surface area contributed by atoms with Gasteiger partial charge >= 0.3 is 0 Å². The molecular formula is C23H25N7. The van der Waals surface area contributed by atoms with Crippen molar-refractivity contribution in [3.05, 3.63) is 65.2 Å². The van der Waals surface area contributed by atoms with E-state index in [1.807, 2.05) is 30.7 Å². The van der Waals surface area contributed by atoms with Crippen LogP contribution in [0.25, 0.3) is 5.82 Å². The molecule has 3 aromatic rings. The molecule has 2 fully saturated rings. The Morgan fingerprint density at radius 3 is 2.30 bits per heavy atom. The number of aryl methyl sites for hydroxylation is 2. The van der Waals surface area contributed by atoms with Crippen LogP contribution in [0, 0.1) is 37.0 Å². The Morgan fingerprint density at radius 1 is 0.967 bits per heavy atom. The molecule has 0 saturated carbocycles. The van der Waals surface area contributed by atoms with Gasteiger partial charge in [-0.15, -0.1) is 0 Å². The van der Waals surface area contributed by atoms with Crippen LogP contribution in [0.4, 0.5) is 5.82 Å². The first-order valence-corrected chi connectivity index (χ1v) is 10.4. The maximum Gasteiger partial charge on any atom is 0.159 e. The number of nitriles is 1. The molecule has 1 aromatic carbocycles. The average Bonchev–Trinajstić information content (AvgIpc) is 3.41. The van der Waals surface area contributed by atoms with Crippen molar-refractivity contribution >= 4 is 5.82 Å². The van der Waals surface area contributed by atoms with Crippen LogP contribution >= 0.6 is 0 Å². The highest BCUT2D eigenvalue weighted by Crippen LogP contribution is 2.34.